The van der Waals surface area contributed by atoms with Crippen LogP contribution in [0.15, 0.2) is 36.5 Å². The summed E-state index contributed by atoms with van der Waals surface area (Å²) in [6.07, 6.45) is 8.16. The Balaban J connectivity index is 0.00000137. The van der Waals surface area contributed by atoms with Crippen molar-refractivity contribution >= 4 is 0 Å². The minimum absolute atomic E-state index is 0.607. The molecule has 1 saturated heterocycles. The summed E-state index contributed by atoms with van der Waals surface area (Å²) in [6, 6.07) is 1.21. The molecule has 0 aromatic heterocycles. The van der Waals surface area contributed by atoms with Crippen LogP contribution < -0.4 is 5.32 Å². The molecule has 0 aromatic carbocycles. The summed E-state index contributed by atoms with van der Waals surface area (Å²) in [6.45, 7) is 17.6. The van der Waals surface area contributed by atoms with E-state index in [1.165, 1.54) is 5.57 Å². The van der Waals surface area contributed by atoms with Crippen LogP contribution in [0.4, 0.5) is 0 Å². The summed E-state index contributed by atoms with van der Waals surface area (Å²) in [5.41, 5.74) is 1.36. The molecule has 0 bridgehead atoms. The van der Waals surface area contributed by atoms with Crippen LogP contribution in [0, 0.1) is 0 Å². The summed E-state index contributed by atoms with van der Waals surface area (Å²) < 4.78 is 0. The number of piperazine rings is 1. The van der Waals surface area contributed by atoms with E-state index < -0.39 is 0 Å². The summed E-state index contributed by atoms with van der Waals surface area (Å²) in [5.74, 6) is 0. The summed E-state index contributed by atoms with van der Waals surface area (Å²) in [5, 5.41) is 3.45. The highest BCUT2D eigenvalue weighted by atomic mass is 15.2. The first kappa shape index (κ1) is 17.1. The van der Waals surface area contributed by atoms with Crippen molar-refractivity contribution in [3.8, 4) is 0 Å². The average Bonchev–Trinajstić information content (AvgIpc) is 2.40. The summed E-state index contributed by atoms with van der Waals surface area (Å²) in [4.78, 5) is 2.55. The second kappa shape index (κ2) is 10.1. The Bertz CT molecular complexity index is 269. The van der Waals surface area contributed by atoms with Gasteiger partial charge in [-0.2, -0.15) is 0 Å². The number of hydrogen-bond donors (Lipinski definition) is 1. The van der Waals surface area contributed by atoms with Crippen molar-refractivity contribution in [3.63, 3.8) is 0 Å². The molecule has 1 rings (SSSR count). The molecule has 2 heteroatoms. The highest BCUT2D eigenvalue weighted by molar-refractivity contribution is 5.22. The molecule has 0 aliphatic carbocycles. The lowest BCUT2D eigenvalue weighted by atomic mass is 10.1. The molecule has 1 N–H and O–H groups in total. The predicted molar refractivity (Wildman–Crippen MR) is 82.9 cm³/mol. The first-order valence-corrected chi connectivity index (χ1v) is 7.09. The van der Waals surface area contributed by atoms with E-state index >= 15 is 0 Å². The van der Waals surface area contributed by atoms with E-state index in [9.17, 15) is 0 Å². The van der Waals surface area contributed by atoms with Crippen LogP contribution in [-0.2, 0) is 0 Å². The second-order valence-electron chi connectivity index (χ2n) is 4.49. The normalized spacial score (nSPS) is 25.7. The zero-order valence-corrected chi connectivity index (χ0v) is 12.7. The van der Waals surface area contributed by atoms with Gasteiger partial charge in [-0.1, -0.05) is 44.7 Å². The molecular formula is C16H30N2. The molecule has 2 unspecified atom stereocenters. The second-order valence-corrected chi connectivity index (χ2v) is 4.49. The van der Waals surface area contributed by atoms with E-state index in [1.807, 2.05) is 26.0 Å². The summed E-state index contributed by atoms with van der Waals surface area (Å²) >= 11 is 0. The Morgan fingerprint density at radius 3 is 2.28 bits per heavy atom. The Morgan fingerprint density at radius 2 is 1.83 bits per heavy atom. The fourth-order valence-corrected chi connectivity index (χ4v) is 2.12. The zero-order valence-electron chi connectivity index (χ0n) is 12.7. The minimum Gasteiger partial charge on any atom is -0.314 e. The van der Waals surface area contributed by atoms with Gasteiger partial charge in [-0.05, 0) is 26.3 Å². The van der Waals surface area contributed by atoms with Crippen LogP contribution in [0.5, 0.6) is 0 Å². The van der Waals surface area contributed by atoms with Gasteiger partial charge in [0, 0.05) is 31.7 Å². The predicted octanol–water partition coefficient (Wildman–Crippen LogP) is 3.38. The molecule has 2 nitrogen and oxygen atoms in total. The van der Waals surface area contributed by atoms with Crippen LogP contribution in [0.2, 0.25) is 0 Å². The van der Waals surface area contributed by atoms with Gasteiger partial charge in [0.15, 0.2) is 0 Å². The Labute approximate surface area is 113 Å². The third kappa shape index (κ3) is 5.65. The summed E-state index contributed by atoms with van der Waals surface area (Å²) in [7, 11) is 0. The number of nitrogens with zero attached hydrogens (tertiary/aromatic N) is 1. The van der Waals surface area contributed by atoms with Gasteiger partial charge >= 0.3 is 0 Å². The standard InChI is InChI=1S/C14H24N2.C2H6/c1-5-7-8-14(6-2)11-16-12(3)9-15-10-13(16)4;1-2/h5-8,12-13,15H,1,9-11H2,2-4H3;1-2H3/b8-7-,14-6+;. The number of rotatable bonds is 4. The van der Waals surface area contributed by atoms with Gasteiger partial charge in [0.05, 0.1) is 0 Å². The SMILES string of the molecule is C=C/C=C\C(=C/C)CN1C(C)CNCC1C.CC. The Hall–Kier alpha value is -0.860. The topological polar surface area (TPSA) is 15.3 Å². The van der Waals surface area contributed by atoms with Crippen molar-refractivity contribution in [1.29, 1.82) is 0 Å². The molecule has 0 spiro atoms. The molecule has 0 saturated carbocycles. The molecule has 0 amide bonds. The van der Waals surface area contributed by atoms with E-state index in [0.29, 0.717) is 12.1 Å². The number of allylic oxidation sites excluding steroid dienone is 3. The van der Waals surface area contributed by atoms with E-state index in [1.54, 1.807) is 0 Å². The van der Waals surface area contributed by atoms with Gasteiger partial charge in [-0.15, -0.1) is 0 Å². The monoisotopic (exact) mass is 250 g/mol. The largest absolute Gasteiger partial charge is 0.314 e. The molecule has 1 aliphatic rings. The van der Waals surface area contributed by atoms with Crippen LogP contribution >= 0.6 is 0 Å². The van der Waals surface area contributed by atoms with E-state index in [0.717, 1.165) is 19.6 Å². The van der Waals surface area contributed by atoms with Gasteiger partial charge in [-0.25, -0.2) is 0 Å². The highest BCUT2D eigenvalue weighted by Gasteiger charge is 2.24. The maximum atomic E-state index is 3.71. The molecule has 104 valence electrons. The first-order valence-electron chi connectivity index (χ1n) is 7.09. The van der Waals surface area contributed by atoms with E-state index in [4.69, 9.17) is 0 Å². The van der Waals surface area contributed by atoms with Gasteiger partial charge < -0.3 is 5.32 Å². The minimum atomic E-state index is 0.607. The smallest absolute Gasteiger partial charge is 0.0237 e. The van der Waals surface area contributed by atoms with Crippen LogP contribution in [0.25, 0.3) is 0 Å². The van der Waals surface area contributed by atoms with Crippen LogP contribution in [0.1, 0.15) is 34.6 Å². The molecule has 2 atom stereocenters. The van der Waals surface area contributed by atoms with Gasteiger partial charge in [0.2, 0.25) is 0 Å². The van der Waals surface area contributed by atoms with Gasteiger partial charge in [0.25, 0.3) is 0 Å². The maximum absolute atomic E-state index is 3.71. The maximum Gasteiger partial charge on any atom is 0.0237 e. The lowest BCUT2D eigenvalue weighted by Crippen LogP contribution is -2.55. The van der Waals surface area contributed by atoms with Crippen molar-refractivity contribution in [2.24, 2.45) is 0 Å². The third-order valence-electron chi connectivity index (χ3n) is 3.19. The van der Waals surface area contributed by atoms with Crippen molar-refractivity contribution in [2.45, 2.75) is 46.7 Å². The molecule has 0 aromatic rings. The fourth-order valence-electron chi connectivity index (χ4n) is 2.12. The zero-order chi connectivity index (χ0) is 14.0. The Kier molecular flexibility index (Phi) is 9.62. The van der Waals surface area contributed by atoms with Crippen LogP contribution in [-0.4, -0.2) is 36.6 Å². The van der Waals surface area contributed by atoms with Gasteiger partial charge in [-0.3, -0.25) is 4.90 Å². The Morgan fingerprint density at radius 1 is 1.28 bits per heavy atom. The van der Waals surface area contributed by atoms with Crippen molar-refractivity contribution in [2.75, 3.05) is 19.6 Å². The number of nitrogens with one attached hydrogen (secondary N) is 1. The average molecular weight is 250 g/mol. The lowest BCUT2D eigenvalue weighted by molar-refractivity contribution is 0.130. The molecule has 1 heterocycles. The fraction of sp³-hybridized carbons (Fsp3) is 0.625. The molecule has 0 radical (unpaired) electrons. The molecule has 18 heavy (non-hydrogen) atoms. The lowest BCUT2D eigenvalue weighted by Gasteiger charge is -2.39. The van der Waals surface area contributed by atoms with E-state index in [2.05, 4.69) is 49.7 Å². The third-order valence-corrected chi connectivity index (χ3v) is 3.19. The van der Waals surface area contributed by atoms with Crippen molar-refractivity contribution < 1.29 is 0 Å². The number of hydrogen-bond acceptors (Lipinski definition) is 2. The first-order chi connectivity index (χ1) is 8.69. The highest BCUT2D eigenvalue weighted by Crippen LogP contribution is 2.13. The van der Waals surface area contributed by atoms with E-state index in [-0.39, 0.29) is 0 Å². The van der Waals surface area contributed by atoms with Crippen molar-refractivity contribution in [1.82, 2.24) is 10.2 Å². The molecule has 1 aliphatic heterocycles. The van der Waals surface area contributed by atoms with Crippen LogP contribution in [0.3, 0.4) is 0 Å². The molecule has 1 fully saturated rings. The molecular weight excluding hydrogens is 220 g/mol. The quantitative estimate of drug-likeness (QED) is 0.770. The van der Waals surface area contributed by atoms with Gasteiger partial charge in [0.1, 0.15) is 0 Å². The van der Waals surface area contributed by atoms with Crippen molar-refractivity contribution in [3.05, 3.63) is 36.5 Å².